The van der Waals surface area contributed by atoms with Crippen molar-refractivity contribution in [3.63, 3.8) is 0 Å². The van der Waals surface area contributed by atoms with E-state index < -0.39 is 0 Å². The van der Waals surface area contributed by atoms with E-state index in [0.29, 0.717) is 12.5 Å². The molecule has 0 bridgehead atoms. The lowest BCUT2D eigenvalue weighted by Gasteiger charge is -2.35. The fourth-order valence-electron chi connectivity index (χ4n) is 2.78. The summed E-state index contributed by atoms with van der Waals surface area (Å²) in [6, 6.07) is 7.92. The molecule has 1 aliphatic heterocycles. The van der Waals surface area contributed by atoms with E-state index in [0.717, 1.165) is 43.5 Å². The van der Waals surface area contributed by atoms with Gasteiger partial charge < -0.3 is 20.3 Å². The van der Waals surface area contributed by atoms with Gasteiger partial charge in [0.1, 0.15) is 12.4 Å². The number of nitrogens with zero attached hydrogens (tertiary/aromatic N) is 4. The van der Waals surface area contributed by atoms with Crippen LogP contribution in [0.25, 0.3) is 0 Å². The van der Waals surface area contributed by atoms with Crippen LogP contribution < -0.4 is 15.4 Å². The van der Waals surface area contributed by atoms with Crippen LogP contribution in [0.2, 0.25) is 0 Å². The molecule has 7 heteroatoms. The number of terminal acetylenes is 1. The van der Waals surface area contributed by atoms with Crippen LogP contribution in [0.1, 0.15) is 5.56 Å². The van der Waals surface area contributed by atoms with Crippen LogP contribution in [0, 0.1) is 12.3 Å². The zero-order chi connectivity index (χ0) is 18.2. The van der Waals surface area contributed by atoms with Crippen molar-refractivity contribution in [2.24, 2.45) is 10.7 Å². The fourth-order valence-corrected chi connectivity index (χ4v) is 3.47. The van der Waals surface area contributed by atoms with Crippen molar-refractivity contribution in [2.45, 2.75) is 6.42 Å². The van der Waals surface area contributed by atoms with Crippen molar-refractivity contribution in [2.75, 3.05) is 44.2 Å². The number of benzene rings is 1. The van der Waals surface area contributed by atoms with Gasteiger partial charge in [0.2, 0.25) is 0 Å². The van der Waals surface area contributed by atoms with E-state index in [2.05, 4.69) is 25.7 Å². The first-order chi connectivity index (χ1) is 12.8. The number of hydrogen-bond acceptors (Lipinski definition) is 5. The summed E-state index contributed by atoms with van der Waals surface area (Å²) in [6.45, 7) is 4.54. The van der Waals surface area contributed by atoms with E-state index in [-0.39, 0.29) is 6.61 Å². The van der Waals surface area contributed by atoms with Crippen LogP contribution in [0.15, 0.2) is 40.8 Å². The van der Waals surface area contributed by atoms with Crippen molar-refractivity contribution >= 4 is 22.4 Å². The van der Waals surface area contributed by atoms with Gasteiger partial charge in [-0.25, -0.2) is 4.98 Å². The van der Waals surface area contributed by atoms with Crippen molar-refractivity contribution in [1.29, 1.82) is 0 Å². The average Bonchev–Trinajstić information content (AvgIpc) is 3.22. The van der Waals surface area contributed by atoms with Gasteiger partial charge in [0.25, 0.3) is 0 Å². The molecule has 2 N–H and O–H groups in total. The number of guanidine groups is 1. The molecule has 3 rings (SSSR count). The number of ether oxygens (including phenoxy) is 1. The molecule has 1 saturated heterocycles. The highest BCUT2D eigenvalue weighted by atomic mass is 32.1. The number of thiazole rings is 1. The highest BCUT2D eigenvalue weighted by molar-refractivity contribution is 7.13. The molecule has 1 fully saturated rings. The van der Waals surface area contributed by atoms with Crippen LogP contribution in [-0.4, -0.2) is 55.2 Å². The Bertz CT molecular complexity index is 743. The monoisotopic (exact) mass is 369 g/mol. The number of anilines is 1. The minimum absolute atomic E-state index is 0.288. The van der Waals surface area contributed by atoms with E-state index in [1.807, 2.05) is 35.8 Å². The summed E-state index contributed by atoms with van der Waals surface area (Å²) in [5, 5.41) is 3.08. The molecule has 6 nitrogen and oxygen atoms in total. The maximum absolute atomic E-state index is 6.16. The normalized spacial score (nSPS) is 15.0. The second kappa shape index (κ2) is 9.11. The maximum atomic E-state index is 6.16. The molecule has 136 valence electrons. The summed E-state index contributed by atoms with van der Waals surface area (Å²) in [7, 11) is 0. The predicted molar refractivity (Wildman–Crippen MR) is 107 cm³/mol. The Balaban J connectivity index is 1.43. The zero-order valence-corrected chi connectivity index (χ0v) is 15.5. The van der Waals surface area contributed by atoms with Crippen molar-refractivity contribution in [3.05, 3.63) is 41.4 Å². The summed E-state index contributed by atoms with van der Waals surface area (Å²) in [5.41, 5.74) is 7.36. The molecule has 0 aliphatic carbocycles. The lowest BCUT2D eigenvalue weighted by Crippen LogP contribution is -2.51. The van der Waals surface area contributed by atoms with E-state index in [1.165, 1.54) is 5.56 Å². The maximum Gasteiger partial charge on any atom is 0.191 e. The minimum Gasteiger partial charge on any atom is -0.481 e. The quantitative estimate of drug-likeness (QED) is 0.478. The Kier molecular flexibility index (Phi) is 6.34. The molecule has 0 unspecified atom stereocenters. The Labute approximate surface area is 158 Å². The Hall–Kier alpha value is -2.72. The second-order valence-corrected chi connectivity index (χ2v) is 6.79. The molecule has 0 saturated carbocycles. The molecule has 0 spiro atoms. The van der Waals surface area contributed by atoms with Crippen LogP contribution in [0.4, 0.5) is 5.13 Å². The smallest absolute Gasteiger partial charge is 0.191 e. The van der Waals surface area contributed by atoms with Gasteiger partial charge >= 0.3 is 0 Å². The number of hydrogen-bond donors (Lipinski definition) is 1. The molecular weight excluding hydrogens is 346 g/mol. The summed E-state index contributed by atoms with van der Waals surface area (Å²) < 4.78 is 5.37. The molecule has 0 radical (unpaired) electrons. The van der Waals surface area contributed by atoms with Gasteiger partial charge in [0, 0.05) is 44.3 Å². The van der Waals surface area contributed by atoms with E-state index in [4.69, 9.17) is 16.9 Å². The van der Waals surface area contributed by atoms with E-state index in [1.54, 1.807) is 11.3 Å². The molecular formula is C19H23N5OS. The topological polar surface area (TPSA) is 67.0 Å². The van der Waals surface area contributed by atoms with Gasteiger partial charge in [-0.3, -0.25) is 4.99 Å². The third-order valence-electron chi connectivity index (χ3n) is 4.21. The standard InChI is InChI=1S/C19H23N5OS/c1-2-14-25-17-5-3-16(4-6-17)7-8-21-18(20)23-10-12-24(13-11-23)19-22-9-15-26-19/h1,3-6,9,15H,7-8,10-14H2,(H2,20,21). The third-order valence-corrected chi connectivity index (χ3v) is 5.05. The fraction of sp³-hybridized carbons (Fsp3) is 0.368. The van der Waals surface area contributed by atoms with Gasteiger partial charge in [-0.2, -0.15) is 0 Å². The molecule has 26 heavy (non-hydrogen) atoms. The minimum atomic E-state index is 0.288. The van der Waals surface area contributed by atoms with Crippen LogP contribution in [0.5, 0.6) is 5.75 Å². The predicted octanol–water partition coefficient (Wildman–Crippen LogP) is 1.83. The number of aliphatic imine (C=N–C) groups is 1. The molecule has 0 amide bonds. The van der Waals surface area contributed by atoms with E-state index in [9.17, 15) is 0 Å². The van der Waals surface area contributed by atoms with Crippen LogP contribution in [-0.2, 0) is 6.42 Å². The number of rotatable bonds is 6. The van der Waals surface area contributed by atoms with Gasteiger partial charge in [0.15, 0.2) is 11.1 Å². The van der Waals surface area contributed by atoms with E-state index >= 15 is 0 Å². The molecule has 2 aromatic rings. The van der Waals surface area contributed by atoms with Gasteiger partial charge in [0.05, 0.1) is 0 Å². The molecule has 1 aliphatic rings. The zero-order valence-electron chi connectivity index (χ0n) is 14.7. The first-order valence-electron chi connectivity index (χ1n) is 8.61. The first-order valence-corrected chi connectivity index (χ1v) is 9.49. The SMILES string of the molecule is C#CCOc1ccc(CCN=C(N)N2CCN(c3nccs3)CC2)cc1. The summed E-state index contributed by atoms with van der Waals surface area (Å²) >= 11 is 1.67. The summed E-state index contributed by atoms with van der Waals surface area (Å²) in [5.74, 6) is 3.86. The number of piperazine rings is 1. The number of nitrogens with two attached hydrogens (primary N) is 1. The summed E-state index contributed by atoms with van der Waals surface area (Å²) in [4.78, 5) is 13.3. The van der Waals surface area contributed by atoms with Gasteiger partial charge in [-0.05, 0) is 24.1 Å². The highest BCUT2D eigenvalue weighted by Crippen LogP contribution is 2.18. The number of aromatic nitrogens is 1. The molecule has 1 aromatic heterocycles. The largest absolute Gasteiger partial charge is 0.481 e. The average molecular weight is 369 g/mol. The van der Waals surface area contributed by atoms with Gasteiger partial charge in [-0.15, -0.1) is 17.8 Å². The Morgan fingerprint density at radius 3 is 2.69 bits per heavy atom. The first kappa shape index (κ1) is 18.1. The molecule has 0 atom stereocenters. The van der Waals surface area contributed by atoms with Crippen molar-refractivity contribution in [1.82, 2.24) is 9.88 Å². The lowest BCUT2D eigenvalue weighted by atomic mass is 10.1. The third kappa shape index (κ3) is 4.90. The van der Waals surface area contributed by atoms with Crippen LogP contribution in [0.3, 0.4) is 0 Å². The highest BCUT2D eigenvalue weighted by Gasteiger charge is 2.19. The lowest BCUT2D eigenvalue weighted by molar-refractivity contribution is 0.370. The van der Waals surface area contributed by atoms with Crippen molar-refractivity contribution in [3.8, 4) is 18.1 Å². The van der Waals surface area contributed by atoms with Crippen LogP contribution >= 0.6 is 11.3 Å². The Morgan fingerprint density at radius 1 is 1.27 bits per heavy atom. The van der Waals surface area contributed by atoms with Gasteiger partial charge in [-0.1, -0.05) is 18.1 Å². The second-order valence-electron chi connectivity index (χ2n) is 5.92. The van der Waals surface area contributed by atoms with Crippen molar-refractivity contribution < 1.29 is 4.74 Å². The molecule has 1 aromatic carbocycles. The summed E-state index contributed by atoms with van der Waals surface area (Å²) in [6.07, 6.45) is 7.87. The Morgan fingerprint density at radius 2 is 2.04 bits per heavy atom. The molecule has 2 heterocycles.